The van der Waals surface area contributed by atoms with E-state index in [2.05, 4.69) is 33.3 Å². The van der Waals surface area contributed by atoms with Crippen LogP contribution in [-0.2, 0) is 11.2 Å². The Balaban J connectivity index is 1.60. The molecule has 1 amide bonds. The van der Waals surface area contributed by atoms with Gasteiger partial charge in [0.1, 0.15) is 5.82 Å². The van der Waals surface area contributed by atoms with Crippen molar-refractivity contribution >= 4 is 67.8 Å². The molecule has 11 heteroatoms. The van der Waals surface area contributed by atoms with Crippen LogP contribution in [0.4, 0.5) is 5.69 Å². The average Bonchev–Trinajstić information content (AvgIpc) is 2.93. The van der Waals surface area contributed by atoms with E-state index < -0.39 is 0 Å². The van der Waals surface area contributed by atoms with Crippen molar-refractivity contribution in [1.82, 2.24) is 9.66 Å². The topological polar surface area (TPSA) is 94.8 Å². The number of hydrogen-bond acceptors (Lipinski definition) is 6. The molecule has 0 bridgehead atoms. The van der Waals surface area contributed by atoms with Gasteiger partial charge in [0.15, 0.2) is 18.1 Å². The first kappa shape index (κ1) is 29.6. The number of nitrogens with zero attached hydrogens (tertiary/aromatic N) is 3. The van der Waals surface area contributed by atoms with Gasteiger partial charge in [-0.2, -0.15) is 9.78 Å². The van der Waals surface area contributed by atoms with E-state index in [1.807, 2.05) is 19.1 Å². The second-order valence-corrected chi connectivity index (χ2v) is 10.5. The number of halogens is 3. The summed E-state index contributed by atoms with van der Waals surface area (Å²) < 4.78 is 13.6. The Labute approximate surface area is 250 Å². The number of rotatable bonds is 11. The Morgan fingerprint density at radius 3 is 2.60 bits per heavy atom. The minimum Gasteiger partial charge on any atom is -0.490 e. The van der Waals surface area contributed by atoms with Gasteiger partial charge >= 0.3 is 0 Å². The summed E-state index contributed by atoms with van der Waals surface area (Å²) in [6, 6.07) is 15.5. The van der Waals surface area contributed by atoms with Crippen molar-refractivity contribution in [2.75, 3.05) is 18.5 Å². The first-order valence-electron chi connectivity index (χ1n) is 12.7. The van der Waals surface area contributed by atoms with Crippen molar-refractivity contribution < 1.29 is 14.3 Å². The van der Waals surface area contributed by atoms with Crippen LogP contribution in [-0.4, -0.2) is 35.0 Å². The third-order valence-corrected chi connectivity index (χ3v) is 6.78. The van der Waals surface area contributed by atoms with E-state index in [1.54, 1.807) is 42.5 Å². The summed E-state index contributed by atoms with van der Waals surface area (Å²) in [4.78, 5) is 30.5. The van der Waals surface area contributed by atoms with Gasteiger partial charge in [0, 0.05) is 21.6 Å². The minimum absolute atomic E-state index is 0.227. The molecule has 8 nitrogen and oxygen atoms in total. The van der Waals surface area contributed by atoms with Crippen LogP contribution >= 0.6 is 39.1 Å². The summed E-state index contributed by atoms with van der Waals surface area (Å²) >= 11 is 15.9. The Kier molecular flexibility index (Phi) is 10.2. The molecule has 0 fully saturated rings. The van der Waals surface area contributed by atoms with E-state index in [0.717, 1.165) is 17.3 Å². The van der Waals surface area contributed by atoms with Gasteiger partial charge in [0.05, 0.1) is 28.7 Å². The molecular weight excluding hydrogens is 619 g/mol. The van der Waals surface area contributed by atoms with Gasteiger partial charge in [-0.3, -0.25) is 9.59 Å². The number of amides is 1. The van der Waals surface area contributed by atoms with Gasteiger partial charge in [-0.1, -0.05) is 52.5 Å². The van der Waals surface area contributed by atoms with Crippen molar-refractivity contribution in [2.45, 2.75) is 33.1 Å². The molecule has 0 saturated carbocycles. The smallest absolute Gasteiger partial charge is 0.282 e. The molecule has 0 spiro atoms. The lowest BCUT2D eigenvalue weighted by Gasteiger charge is -2.14. The highest BCUT2D eigenvalue weighted by molar-refractivity contribution is 9.10. The number of aromatic nitrogens is 2. The number of unbranched alkanes of at least 4 members (excludes halogenated alkanes) is 1. The molecule has 208 valence electrons. The van der Waals surface area contributed by atoms with Gasteiger partial charge in [-0.05, 0) is 73.5 Å². The number of ether oxygens (including phenoxy) is 2. The lowest BCUT2D eigenvalue weighted by Crippen LogP contribution is -2.22. The maximum atomic E-state index is 13.3. The third kappa shape index (κ3) is 7.41. The van der Waals surface area contributed by atoms with Crippen LogP contribution in [0.25, 0.3) is 10.9 Å². The molecule has 0 aliphatic heterocycles. The number of hydrogen-bond donors (Lipinski definition) is 1. The van der Waals surface area contributed by atoms with E-state index >= 15 is 0 Å². The molecule has 4 aromatic rings. The van der Waals surface area contributed by atoms with E-state index in [0.29, 0.717) is 51.8 Å². The Morgan fingerprint density at radius 1 is 1.10 bits per heavy atom. The van der Waals surface area contributed by atoms with Crippen molar-refractivity contribution in [3.05, 3.63) is 90.9 Å². The third-order valence-electron chi connectivity index (χ3n) is 5.76. The summed E-state index contributed by atoms with van der Waals surface area (Å²) in [7, 11) is 0. The molecule has 0 aliphatic carbocycles. The van der Waals surface area contributed by atoms with Crippen LogP contribution in [0.2, 0.25) is 10.0 Å². The standard InChI is InChI=1S/C29H27BrCl2N4O4/c1-3-5-6-26-35-24-12-7-19(30)15-22(24)29(38)36(26)33-16-18-13-23(32)28(25(14-18)39-4-2)40-17-27(37)34-21-10-8-20(31)9-11-21/h7-16H,3-6,17H2,1-2H3,(H,34,37). The fraction of sp³-hybridized carbons (Fsp3) is 0.241. The summed E-state index contributed by atoms with van der Waals surface area (Å²) in [6.07, 6.45) is 3.94. The largest absolute Gasteiger partial charge is 0.490 e. The number of carbonyl (C=O) groups excluding carboxylic acids is 1. The van der Waals surface area contributed by atoms with Crippen molar-refractivity contribution in [3.8, 4) is 11.5 Å². The molecule has 1 heterocycles. The Hall–Kier alpha value is -3.40. The van der Waals surface area contributed by atoms with Gasteiger partial charge < -0.3 is 14.8 Å². The molecule has 1 N–H and O–H groups in total. The van der Waals surface area contributed by atoms with Crippen LogP contribution in [0.3, 0.4) is 0 Å². The highest BCUT2D eigenvalue weighted by Gasteiger charge is 2.15. The Morgan fingerprint density at radius 2 is 1.88 bits per heavy atom. The second kappa shape index (κ2) is 13.8. The van der Waals surface area contributed by atoms with Crippen molar-refractivity contribution in [3.63, 3.8) is 0 Å². The fourth-order valence-corrected chi connectivity index (χ4v) is 4.63. The second-order valence-electron chi connectivity index (χ2n) is 8.76. The molecule has 0 atom stereocenters. The SMILES string of the molecule is CCCCc1nc2ccc(Br)cc2c(=O)n1N=Cc1cc(Cl)c(OCC(=O)Nc2ccc(Cl)cc2)c(OCC)c1. The lowest BCUT2D eigenvalue weighted by atomic mass is 10.2. The van der Waals surface area contributed by atoms with Gasteiger partial charge in [-0.15, -0.1) is 0 Å². The van der Waals surface area contributed by atoms with Gasteiger partial charge in [0.2, 0.25) is 0 Å². The van der Waals surface area contributed by atoms with E-state index in [9.17, 15) is 9.59 Å². The molecule has 3 aromatic carbocycles. The first-order valence-corrected chi connectivity index (χ1v) is 14.2. The van der Waals surface area contributed by atoms with Gasteiger partial charge in [0.25, 0.3) is 11.5 Å². The highest BCUT2D eigenvalue weighted by atomic mass is 79.9. The minimum atomic E-state index is -0.374. The normalized spacial score (nSPS) is 11.2. The number of fused-ring (bicyclic) bond motifs is 1. The van der Waals surface area contributed by atoms with Crippen LogP contribution in [0.1, 0.15) is 38.1 Å². The lowest BCUT2D eigenvalue weighted by molar-refractivity contribution is -0.118. The molecule has 0 aliphatic rings. The predicted molar refractivity (Wildman–Crippen MR) is 164 cm³/mol. The number of anilines is 1. The van der Waals surface area contributed by atoms with Crippen LogP contribution < -0.4 is 20.3 Å². The zero-order valence-corrected chi connectivity index (χ0v) is 25.0. The summed E-state index contributed by atoms with van der Waals surface area (Å²) in [5.74, 6) is 0.765. The predicted octanol–water partition coefficient (Wildman–Crippen LogP) is 7.11. The molecule has 4 rings (SSSR count). The highest BCUT2D eigenvalue weighted by Crippen LogP contribution is 2.36. The molecule has 0 radical (unpaired) electrons. The van der Waals surface area contributed by atoms with Crippen LogP contribution in [0, 0.1) is 0 Å². The Bertz CT molecular complexity index is 1610. The summed E-state index contributed by atoms with van der Waals surface area (Å²) in [5, 5.41) is 8.47. The van der Waals surface area contributed by atoms with Crippen LogP contribution in [0.5, 0.6) is 11.5 Å². The van der Waals surface area contributed by atoms with Crippen molar-refractivity contribution in [2.24, 2.45) is 5.10 Å². The van der Waals surface area contributed by atoms with Crippen molar-refractivity contribution in [1.29, 1.82) is 0 Å². The number of benzene rings is 3. The zero-order chi connectivity index (χ0) is 28.6. The quantitative estimate of drug-likeness (QED) is 0.176. The fourth-order valence-electron chi connectivity index (χ4n) is 3.87. The molecular formula is C29H27BrCl2N4O4. The van der Waals surface area contributed by atoms with E-state index in [-0.39, 0.29) is 28.8 Å². The number of carbonyl (C=O) groups is 1. The first-order chi connectivity index (χ1) is 19.3. The molecule has 1 aromatic heterocycles. The summed E-state index contributed by atoms with van der Waals surface area (Å²) in [5.41, 5.74) is 1.52. The maximum absolute atomic E-state index is 13.3. The summed E-state index contributed by atoms with van der Waals surface area (Å²) in [6.45, 7) is 3.95. The monoisotopic (exact) mass is 644 g/mol. The zero-order valence-electron chi connectivity index (χ0n) is 21.9. The van der Waals surface area contributed by atoms with E-state index in [1.165, 1.54) is 10.9 Å². The van der Waals surface area contributed by atoms with E-state index in [4.69, 9.17) is 37.7 Å². The van der Waals surface area contributed by atoms with Gasteiger partial charge in [-0.25, -0.2) is 4.98 Å². The average molecular weight is 646 g/mol. The maximum Gasteiger partial charge on any atom is 0.282 e. The molecule has 0 unspecified atom stereocenters. The molecule has 0 saturated heterocycles. The number of aryl methyl sites for hydroxylation is 1. The molecule has 40 heavy (non-hydrogen) atoms. The van der Waals surface area contributed by atoms with Crippen LogP contribution in [0.15, 0.2) is 69.0 Å². The number of nitrogens with one attached hydrogen (secondary N) is 1.